The molecule has 1 aliphatic rings. The van der Waals surface area contributed by atoms with Crippen LogP contribution >= 0.6 is 0 Å². The van der Waals surface area contributed by atoms with Crippen LogP contribution in [0.1, 0.15) is 35.4 Å². The molecule has 4 rings (SSSR count). The van der Waals surface area contributed by atoms with Gasteiger partial charge in [-0.25, -0.2) is 4.98 Å². The van der Waals surface area contributed by atoms with Gasteiger partial charge in [0.1, 0.15) is 5.82 Å². The number of carboxylic acids is 1. The van der Waals surface area contributed by atoms with Crippen molar-refractivity contribution in [2.24, 2.45) is 5.92 Å². The molecule has 6 heteroatoms. The van der Waals surface area contributed by atoms with Gasteiger partial charge in [0.15, 0.2) is 0 Å². The van der Waals surface area contributed by atoms with Crippen LogP contribution in [0.25, 0.3) is 16.7 Å². The molecule has 2 atom stereocenters. The molecule has 0 bridgehead atoms. The Kier molecular flexibility index (Phi) is 4.39. The molecule has 1 saturated carbocycles. The summed E-state index contributed by atoms with van der Waals surface area (Å²) in [5.41, 5.74) is 3.28. The van der Waals surface area contributed by atoms with Gasteiger partial charge in [-0.2, -0.15) is 0 Å². The number of carboxylic acid groups (broad SMARTS) is 1. The molecule has 3 aromatic rings. The number of hydrogen-bond donors (Lipinski definition) is 2. The Balaban J connectivity index is 1.57. The van der Waals surface area contributed by atoms with Crippen molar-refractivity contribution >= 4 is 22.9 Å². The van der Waals surface area contributed by atoms with Gasteiger partial charge in [-0.3, -0.25) is 14.2 Å². The number of aliphatic carboxylic acids is 1. The molecule has 0 spiro atoms. The molecule has 1 fully saturated rings. The van der Waals surface area contributed by atoms with E-state index in [-0.39, 0.29) is 17.9 Å². The summed E-state index contributed by atoms with van der Waals surface area (Å²) in [6, 6.07) is 15.4. The number of imidazole rings is 1. The van der Waals surface area contributed by atoms with Crippen molar-refractivity contribution in [2.45, 2.75) is 32.2 Å². The third-order valence-corrected chi connectivity index (χ3v) is 5.22. The van der Waals surface area contributed by atoms with E-state index in [2.05, 4.69) is 14.9 Å². The Bertz CT molecular complexity index is 1010. The van der Waals surface area contributed by atoms with Crippen molar-refractivity contribution in [1.29, 1.82) is 0 Å². The molecule has 6 nitrogen and oxygen atoms in total. The van der Waals surface area contributed by atoms with E-state index in [1.54, 1.807) is 12.1 Å². The molecular weight excluding hydrogens is 342 g/mol. The third-order valence-electron chi connectivity index (χ3n) is 5.22. The van der Waals surface area contributed by atoms with Gasteiger partial charge >= 0.3 is 5.97 Å². The van der Waals surface area contributed by atoms with Crippen LogP contribution in [0.3, 0.4) is 0 Å². The predicted octanol–water partition coefficient (Wildman–Crippen LogP) is 3.32. The Morgan fingerprint density at radius 3 is 2.63 bits per heavy atom. The maximum absolute atomic E-state index is 12.6. The Morgan fingerprint density at radius 2 is 1.93 bits per heavy atom. The number of nitrogens with zero attached hydrogens (tertiary/aromatic N) is 2. The van der Waals surface area contributed by atoms with Crippen LogP contribution in [0.2, 0.25) is 0 Å². The standard InChI is InChI=1S/C21H21N3O3/c1-13-22-18-12-14(20(25)23-16-9-7-15(11-16)21(26)27)8-10-19(18)24(13)17-5-3-2-4-6-17/h2-6,8,10,12,15-16H,7,9,11H2,1H3,(H,23,25)(H,26,27)/t15-,16+/m0/s1. The zero-order chi connectivity index (χ0) is 19.0. The first-order chi connectivity index (χ1) is 13.0. The molecule has 1 heterocycles. The summed E-state index contributed by atoms with van der Waals surface area (Å²) >= 11 is 0. The lowest BCUT2D eigenvalue weighted by atomic mass is 10.1. The summed E-state index contributed by atoms with van der Waals surface area (Å²) in [4.78, 5) is 28.3. The zero-order valence-electron chi connectivity index (χ0n) is 15.1. The van der Waals surface area contributed by atoms with Crippen LogP contribution in [-0.2, 0) is 4.79 Å². The average Bonchev–Trinajstić information content (AvgIpc) is 3.25. The van der Waals surface area contributed by atoms with Crippen molar-refractivity contribution in [2.75, 3.05) is 0 Å². The van der Waals surface area contributed by atoms with Gasteiger partial charge in [0.2, 0.25) is 0 Å². The van der Waals surface area contributed by atoms with Gasteiger partial charge in [-0.05, 0) is 56.5 Å². The second-order valence-electron chi connectivity index (χ2n) is 7.05. The summed E-state index contributed by atoms with van der Waals surface area (Å²) in [6.45, 7) is 1.94. The molecular formula is C21H21N3O3. The van der Waals surface area contributed by atoms with Gasteiger partial charge in [0.25, 0.3) is 5.91 Å². The van der Waals surface area contributed by atoms with Crippen LogP contribution in [0.15, 0.2) is 48.5 Å². The predicted molar refractivity (Wildman–Crippen MR) is 102 cm³/mol. The van der Waals surface area contributed by atoms with Gasteiger partial charge in [-0.1, -0.05) is 18.2 Å². The highest BCUT2D eigenvalue weighted by Crippen LogP contribution is 2.26. The number of carbonyl (C=O) groups is 2. The third kappa shape index (κ3) is 3.30. The number of hydrogen-bond acceptors (Lipinski definition) is 3. The molecule has 0 unspecified atom stereocenters. The summed E-state index contributed by atoms with van der Waals surface area (Å²) in [5, 5.41) is 12.1. The Hall–Kier alpha value is -3.15. The lowest BCUT2D eigenvalue weighted by Crippen LogP contribution is -2.33. The second kappa shape index (κ2) is 6.87. The van der Waals surface area contributed by atoms with Crippen molar-refractivity contribution in [3.05, 3.63) is 59.9 Å². The molecule has 2 N–H and O–H groups in total. The molecule has 1 aromatic heterocycles. The minimum atomic E-state index is -0.782. The van der Waals surface area contributed by atoms with E-state index in [4.69, 9.17) is 5.11 Å². The summed E-state index contributed by atoms with van der Waals surface area (Å²) < 4.78 is 2.06. The largest absolute Gasteiger partial charge is 0.481 e. The SMILES string of the molecule is Cc1nc2cc(C(=O)N[C@@H]3CC[C@H](C(=O)O)C3)ccc2n1-c1ccccc1. The summed E-state index contributed by atoms with van der Waals surface area (Å²) in [6.07, 6.45) is 1.80. The Morgan fingerprint density at radius 1 is 1.15 bits per heavy atom. The van der Waals surface area contributed by atoms with E-state index >= 15 is 0 Å². The first kappa shape index (κ1) is 17.3. The van der Waals surface area contributed by atoms with E-state index in [0.717, 1.165) is 22.5 Å². The van der Waals surface area contributed by atoms with Crippen molar-refractivity contribution < 1.29 is 14.7 Å². The molecule has 138 valence electrons. The monoisotopic (exact) mass is 363 g/mol. The first-order valence-corrected chi connectivity index (χ1v) is 9.11. The molecule has 0 radical (unpaired) electrons. The minimum absolute atomic E-state index is 0.0853. The highest BCUT2D eigenvalue weighted by molar-refractivity contribution is 5.97. The van der Waals surface area contributed by atoms with Crippen molar-refractivity contribution in [3.63, 3.8) is 0 Å². The number of nitrogens with one attached hydrogen (secondary N) is 1. The van der Waals surface area contributed by atoms with E-state index < -0.39 is 5.97 Å². The van der Waals surface area contributed by atoms with Gasteiger partial charge < -0.3 is 10.4 Å². The van der Waals surface area contributed by atoms with Gasteiger partial charge in [0.05, 0.1) is 17.0 Å². The fourth-order valence-corrected chi connectivity index (χ4v) is 3.85. The highest BCUT2D eigenvalue weighted by atomic mass is 16.4. The van der Waals surface area contributed by atoms with Gasteiger partial charge in [-0.15, -0.1) is 0 Å². The molecule has 1 amide bonds. The topological polar surface area (TPSA) is 84.2 Å². The fourth-order valence-electron chi connectivity index (χ4n) is 3.85. The van der Waals surface area contributed by atoms with Crippen LogP contribution in [-0.4, -0.2) is 32.6 Å². The van der Waals surface area contributed by atoms with E-state index in [9.17, 15) is 9.59 Å². The number of rotatable bonds is 4. The van der Waals surface area contributed by atoms with Crippen LogP contribution < -0.4 is 5.32 Å². The quantitative estimate of drug-likeness (QED) is 0.745. The van der Waals surface area contributed by atoms with E-state index in [0.29, 0.717) is 24.8 Å². The normalized spacial score (nSPS) is 19.3. The number of benzene rings is 2. The zero-order valence-corrected chi connectivity index (χ0v) is 15.1. The maximum Gasteiger partial charge on any atom is 0.306 e. The number of aromatic nitrogens is 2. The van der Waals surface area contributed by atoms with Crippen LogP contribution in [0, 0.1) is 12.8 Å². The summed E-state index contributed by atoms with van der Waals surface area (Å²) in [7, 11) is 0. The van der Waals surface area contributed by atoms with Gasteiger partial charge in [0, 0.05) is 17.3 Å². The minimum Gasteiger partial charge on any atom is -0.481 e. The number of aryl methyl sites for hydroxylation is 1. The fraction of sp³-hybridized carbons (Fsp3) is 0.286. The number of para-hydroxylation sites is 1. The van der Waals surface area contributed by atoms with Crippen molar-refractivity contribution in [3.8, 4) is 5.69 Å². The highest BCUT2D eigenvalue weighted by Gasteiger charge is 2.30. The van der Waals surface area contributed by atoms with E-state index in [1.807, 2.05) is 43.3 Å². The number of carbonyl (C=O) groups excluding carboxylic acids is 1. The van der Waals surface area contributed by atoms with Crippen LogP contribution in [0.4, 0.5) is 0 Å². The lowest BCUT2D eigenvalue weighted by molar-refractivity contribution is -0.141. The van der Waals surface area contributed by atoms with Crippen molar-refractivity contribution in [1.82, 2.24) is 14.9 Å². The molecule has 1 aliphatic carbocycles. The average molecular weight is 363 g/mol. The lowest BCUT2D eigenvalue weighted by Gasteiger charge is -2.12. The summed E-state index contributed by atoms with van der Waals surface area (Å²) in [5.74, 6) is -0.467. The Labute approximate surface area is 156 Å². The molecule has 0 saturated heterocycles. The smallest absolute Gasteiger partial charge is 0.306 e. The number of amides is 1. The molecule has 0 aliphatic heterocycles. The first-order valence-electron chi connectivity index (χ1n) is 9.11. The number of fused-ring (bicyclic) bond motifs is 1. The van der Waals surface area contributed by atoms with E-state index in [1.165, 1.54) is 0 Å². The van der Waals surface area contributed by atoms with Crippen LogP contribution in [0.5, 0.6) is 0 Å². The maximum atomic E-state index is 12.6. The molecule has 2 aromatic carbocycles. The molecule has 27 heavy (non-hydrogen) atoms. The second-order valence-corrected chi connectivity index (χ2v) is 7.05.